The number of aryl methyl sites for hydroxylation is 2. The van der Waals surface area contributed by atoms with Crippen LogP contribution in [0.4, 0.5) is 0 Å². The van der Waals surface area contributed by atoms with Gasteiger partial charge >= 0.3 is 0 Å². The van der Waals surface area contributed by atoms with E-state index in [1.807, 2.05) is 25.5 Å². The smallest absolute Gasteiger partial charge is 0.130 e. The molecule has 3 rings (SSSR count). The van der Waals surface area contributed by atoms with Crippen LogP contribution < -0.4 is 5.32 Å². The summed E-state index contributed by atoms with van der Waals surface area (Å²) in [5, 5.41) is 6.91. The predicted molar refractivity (Wildman–Crippen MR) is 89.8 cm³/mol. The van der Waals surface area contributed by atoms with Crippen molar-refractivity contribution in [2.75, 3.05) is 0 Å². The van der Waals surface area contributed by atoms with E-state index in [1.54, 1.807) is 11.3 Å². The first-order chi connectivity index (χ1) is 10.8. The Kier molecular flexibility index (Phi) is 4.65. The number of aromatic nitrogens is 3. The van der Waals surface area contributed by atoms with Gasteiger partial charge in [-0.3, -0.25) is 5.32 Å². The van der Waals surface area contributed by atoms with E-state index in [9.17, 15) is 0 Å². The molecule has 0 fully saturated rings. The number of hydrogen-bond acceptors (Lipinski definition) is 4. The predicted octanol–water partition coefficient (Wildman–Crippen LogP) is 3.32. The van der Waals surface area contributed by atoms with Gasteiger partial charge in [-0.05, 0) is 12.0 Å². The van der Waals surface area contributed by atoms with Crippen LogP contribution in [-0.4, -0.2) is 14.5 Å². The van der Waals surface area contributed by atoms with Gasteiger partial charge in [0.05, 0.1) is 16.7 Å². The Hall–Kier alpha value is -1.98. The van der Waals surface area contributed by atoms with Gasteiger partial charge in [0.2, 0.25) is 0 Å². The summed E-state index contributed by atoms with van der Waals surface area (Å²) in [7, 11) is 2.03. The monoisotopic (exact) mass is 312 g/mol. The highest BCUT2D eigenvalue weighted by molar-refractivity contribution is 7.09. The van der Waals surface area contributed by atoms with Crippen molar-refractivity contribution in [3.8, 4) is 0 Å². The largest absolute Gasteiger partial charge is 0.336 e. The van der Waals surface area contributed by atoms with Crippen molar-refractivity contribution in [2.24, 2.45) is 7.05 Å². The normalized spacial score (nSPS) is 12.5. The van der Waals surface area contributed by atoms with Crippen LogP contribution in [-0.2, 0) is 20.0 Å². The number of rotatable bonds is 6. The summed E-state index contributed by atoms with van der Waals surface area (Å²) in [4.78, 5) is 9.14. The molecule has 1 aromatic carbocycles. The fourth-order valence-corrected chi connectivity index (χ4v) is 3.20. The standard InChI is InChI=1S/C17H20N4S/c1-3-15-20-14(12-22-15)11-19-16(13-7-5-4-6-8-13)17-18-9-10-21(17)2/h4-10,12,16,19H,3,11H2,1-2H3. The molecule has 22 heavy (non-hydrogen) atoms. The lowest BCUT2D eigenvalue weighted by Gasteiger charge is -2.18. The van der Waals surface area contributed by atoms with Crippen molar-refractivity contribution in [1.29, 1.82) is 0 Å². The average Bonchev–Trinajstić information content (AvgIpc) is 3.18. The summed E-state index contributed by atoms with van der Waals surface area (Å²) >= 11 is 1.73. The quantitative estimate of drug-likeness (QED) is 0.759. The van der Waals surface area contributed by atoms with Gasteiger partial charge in [-0.15, -0.1) is 11.3 Å². The summed E-state index contributed by atoms with van der Waals surface area (Å²) in [6, 6.07) is 10.5. The summed E-state index contributed by atoms with van der Waals surface area (Å²) in [5.74, 6) is 1.01. The van der Waals surface area contributed by atoms with Crippen LogP contribution >= 0.6 is 11.3 Å². The zero-order chi connectivity index (χ0) is 15.4. The molecule has 0 aliphatic rings. The van der Waals surface area contributed by atoms with Gasteiger partial charge in [0.15, 0.2) is 0 Å². The lowest BCUT2D eigenvalue weighted by molar-refractivity contribution is 0.553. The number of thiazole rings is 1. The number of nitrogens with zero attached hydrogens (tertiary/aromatic N) is 3. The summed E-state index contributed by atoms with van der Waals surface area (Å²) in [6.07, 6.45) is 4.81. The molecule has 0 saturated carbocycles. The fraction of sp³-hybridized carbons (Fsp3) is 0.294. The molecule has 1 unspecified atom stereocenters. The SMILES string of the molecule is CCc1nc(CNC(c2ccccc2)c2nccn2C)cs1. The van der Waals surface area contributed by atoms with E-state index in [2.05, 4.69) is 56.4 Å². The maximum atomic E-state index is 4.63. The zero-order valence-electron chi connectivity index (χ0n) is 12.9. The van der Waals surface area contributed by atoms with E-state index in [0.717, 1.165) is 24.5 Å². The minimum absolute atomic E-state index is 0.0629. The molecule has 3 aromatic rings. The first-order valence-corrected chi connectivity index (χ1v) is 8.34. The molecule has 114 valence electrons. The first kappa shape index (κ1) is 14.9. The second-order valence-corrected chi connectivity index (χ2v) is 6.15. The van der Waals surface area contributed by atoms with E-state index in [4.69, 9.17) is 0 Å². The zero-order valence-corrected chi connectivity index (χ0v) is 13.7. The highest BCUT2D eigenvalue weighted by Gasteiger charge is 2.18. The maximum Gasteiger partial charge on any atom is 0.130 e. The van der Waals surface area contributed by atoms with Crippen LogP contribution in [0.1, 0.15) is 35.1 Å². The fourth-order valence-electron chi connectivity index (χ4n) is 2.46. The van der Waals surface area contributed by atoms with Crippen LogP contribution in [0.3, 0.4) is 0 Å². The van der Waals surface area contributed by atoms with Crippen LogP contribution in [0.15, 0.2) is 48.1 Å². The van der Waals surface area contributed by atoms with Gasteiger partial charge in [-0.1, -0.05) is 37.3 Å². The molecule has 1 N–H and O–H groups in total. The molecule has 0 aliphatic carbocycles. The van der Waals surface area contributed by atoms with Gasteiger partial charge < -0.3 is 4.57 Å². The van der Waals surface area contributed by atoms with Gasteiger partial charge in [-0.25, -0.2) is 9.97 Å². The van der Waals surface area contributed by atoms with Crippen LogP contribution in [0.2, 0.25) is 0 Å². The third kappa shape index (κ3) is 3.26. The van der Waals surface area contributed by atoms with E-state index < -0.39 is 0 Å². The Morgan fingerprint density at radius 3 is 2.73 bits per heavy atom. The molecular formula is C17H20N4S. The lowest BCUT2D eigenvalue weighted by atomic mass is 10.1. The molecule has 2 heterocycles. The molecule has 5 heteroatoms. The third-order valence-electron chi connectivity index (χ3n) is 3.64. The highest BCUT2D eigenvalue weighted by Crippen LogP contribution is 2.21. The number of nitrogens with one attached hydrogen (secondary N) is 1. The molecule has 1 atom stereocenters. The highest BCUT2D eigenvalue weighted by atomic mass is 32.1. The minimum Gasteiger partial charge on any atom is -0.336 e. The van der Waals surface area contributed by atoms with Crippen molar-refractivity contribution >= 4 is 11.3 Å². The van der Waals surface area contributed by atoms with Gasteiger partial charge in [0.1, 0.15) is 5.82 Å². The maximum absolute atomic E-state index is 4.63. The second-order valence-electron chi connectivity index (χ2n) is 5.21. The van der Waals surface area contributed by atoms with Crippen molar-refractivity contribution in [3.05, 3.63) is 70.2 Å². The molecule has 0 saturated heterocycles. The molecular weight excluding hydrogens is 292 g/mol. The Balaban J connectivity index is 1.81. The van der Waals surface area contributed by atoms with Crippen molar-refractivity contribution < 1.29 is 0 Å². The van der Waals surface area contributed by atoms with Crippen LogP contribution in [0.25, 0.3) is 0 Å². The molecule has 0 amide bonds. The summed E-state index contributed by atoms with van der Waals surface area (Å²) < 4.78 is 2.06. The Labute approximate surface area is 134 Å². The summed E-state index contributed by atoms with van der Waals surface area (Å²) in [5.41, 5.74) is 2.31. The molecule has 0 spiro atoms. The minimum atomic E-state index is 0.0629. The van der Waals surface area contributed by atoms with Gasteiger partial charge in [0.25, 0.3) is 0 Å². The summed E-state index contributed by atoms with van der Waals surface area (Å²) in [6.45, 7) is 2.87. The Morgan fingerprint density at radius 1 is 1.27 bits per heavy atom. The van der Waals surface area contributed by atoms with Crippen LogP contribution in [0, 0.1) is 0 Å². The second kappa shape index (κ2) is 6.85. The molecule has 0 bridgehead atoms. The number of benzene rings is 1. The average molecular weight is 312 g/mol. The molecule has 4 nitrogen and oxygen atoms in total. The Bertz CT molecular complexity index is 717. The van der Waals surface area contributed by atoms with Crippen molar-refractivity contribution in [3.63, 3.8) is 0 Å². The van der Waals surface area contributed by atoms with E-state index in [0.29, 0.717) is 0 Å². The molecule has 0 radical (unpaired) electrons. The van der Waals surface area contributed by atoms with Gasteiger partial charge in [0, 0.05) is 31.4 Å². The van der Waals surface area contributed by atoms with E-state index >= 15 is 0 Å². The van der Waals surface area contributed by atoms with Crippen LogP contribution in [0.5, 0.6) is 0 Å². The van der Waals surface area contributed by atoms with E-state index in [1.165, 1.54) is 10.6 Å². The van der Waals surface area contributed by atoms with E-state index in [-0.39, 0.29) is 6.04 Å². The number of hydrogen-bond donors (Lipinski definition) is 1. The first-order valence-electron chi connectivity index (χ1n) is 7.46. The number of imidazole rings is 1. The lowest BCUT2D eigenvalue weighted by Crippen LogP contribution is -2.25. The van der Waals surface area contributed by atoms with Crippen molar-refractivity contribution in [2.45, 2.75) is 25.9 Å². The third-order valence-corrected chi connectivity index (χ3v) is 4.68. The van der Waals surface area contributed by atoms with Crippen molar-refractivity contribution in [1.82, 2.24) is 19.9 Å². The topological polar surface area (TPSA) is 42.7 Å². The molecule has 2 aromatic heterocycles. The Morgan fingerprint density at radius 2 is 2.09 bits per heavy atom. The molecule has 0 aliphatic heterocycles. The van der Waals surface area contributed by atoms with Gasteiger partial charge in [-0.2, -0.15) is 0 Å².